The molecule has 1 aromatic carbocycles. The minimum Gasteiger partial charge on any atom is -0.349 e. The van der Waals surface area contributed by atoms with Gasteiger partial charge in [0.05, 0.1) is 0 Å². The number of carbonyl (C=O) groups excluding carboxylic acids is 4. The van der Waals surface area contributed by atoms with Crippen LogP contribution in [0.5, 0.6) is 0 Å². The molecule has 0 bridgehead atoms. The third-order valence-corrected chi connectivity index (χ3v) is 7.01. The van der Waals surface area contributed by atoms with Crippen molar-refractivity contribution < 1.29 is 24.4 Å². The number of benzene rings is 1. The first-order valence-electron chi connectivity index (χ1n) is 12.5. The van der Waals surface area contributed by atoms with Crippen molar-refractivity contribution in [3.05, 3.63) is 34.3 Å². The quantitative estimate of drug-likeness (QED) is 0.255. The summed E-state index contributed by atoms with van der Waals surface area (Å²) >= 11 is 3.36. The van der Waals surface area contributed by atoms with E-state index >= 15 is 0 Å². The Morgan fingerprint density at radius 3 is 2.25 bits per heavy atom. The van der Waals surface area contributed by atoms with E-state index < -0.39 is 23.3 Å². The van der Waals surface area contributed by atoms with Crippen LogP contribution in [0.1, 0.15) is 76.6 Å². The summed E-state index contributed by atoms with van der Waals surface area (Å²) in [4.78, 5) is 52.6. The molecule has 0 saturated carbocycles. The summed E-state index contributed by atoms with van der Waals surface area (Å²) in [7, 11) is 0. The van der Waals surface area contributed by atoms with Gasteiger partial charge in [0.25, 0.3) is 5.91 Å². The zero-order valence-electron chi connectivity index (χ0n) is 21.6. The summed E-state index contributed by atoms with van der Waals surface area (Å²) in [5.41, 5.74) is 1.62. The molecular weight excluding hydrogens is 528 g/mol. The maximum Gasteiger partial charge on any atom is 0.251 e. The summed E-state index contributed by atoms with van der Waals surface area (Å²) in [6.45, 7) is 8.61. The minimum absolute atomic E-state index is 0.0386. The van der Waals surface area contributed by atoms with Crippen LogP contribution in [0.3, 0.4) is 0 Å². The first kappa shape index (κ1) is 29.8. The van der Waals surface area contributed by atoms with Gasteiger partial charge in [0.2, 0.25) is 17.7 Å². The molecule has 10 heteroatoms. The molecule has 36 heavy (non-hydrogen) atoms. The van der Waals surface area contributed by atoms with E-state index in [4.69, 9.17) is 5.21 Å². The molecule has 0 spiro atoms. The lowest BCUT2D eigenvalue weighted by atomic mass is 9.84. The van der Waals surface area contributed by atoms with Crippen molar-refractivity contribution >= 4 is 39.6 Å². The molecule has 1 unspecified atom stereocenters. The minimum atomic E-state index is -0.764. The predicted octanol–water partition coefficient (Wildman–Crippen LogP) is 3.40. The number of hydrogen-bond donors (Lipinski definition) is 4. The molecule has 1 aliphatic rings. The van der Waals surface area contributed by atoms with Gasteiger partial charge in [-0.25, -0.2) is 5.48 Å². The van der Waals surface area contributed by atoms with Crippen LogP contribution < -0.4 is 16.1 Å². The number of unbranched alkanes of at least 4 members (excludes halogenated alkanes) is 1. The van der Waals surface area contributed by atoms with Crippen molar-refractivity contribution in [2.45, 2.75) is 78.3 Å². The number of carbonyl (C=O) groups is 4. The second kappa shape index (κ2) is 13.7. The van der Waals surface area contributed by atoms with Crippen LogP contribution in [0.4, 0.5) is 0 Å². The van der Waals surface area contributed by atoms with Crippen LogP contribution in [0, 0.1) is 11.3 Å². The number of nitrogens with zero attached hydrogens (tertiary/aromatic N) is 1. The normalized spacial score (nSPS) is 16.1. The van der Waals surface area contributed by atoms with E-state index in [0.29, 0.717) is 37.9 Å². The molecule has 1 saturated heterocycles. The largest absolute Gasteiger partial charge is 0.349 e. The topological polar surface area (TPSA) is 128 Å². The summed E-state index contributed by atoms with van der Waals surface area (Å²) in [5.74, 6) is -1.94. The first-order chi connectivity index (χ1) is 17.0. The maximum atomic E-state index is 13.5. The highest BCUT2D eigenvalue weighted by molar-refractivity contribution is 9.10. The molecule has 1 heterocycles. The third-order valence-electron chi connectivity index (χ3n) is 6.48. The number of rotatable bonds is 10. The Bertz CT molecular complexity index is 908. The van der Waals surface area contributed by atoms with Gasteiger partial charge < -0.3 is 15.5 Å². The van der Waals surface area contributed by atoms with E-state index in [-0.39, 0.29) is 30.2 Å². The third kappa shape index (κ3) is 8.89. The van der Waals surface area contributed by atoms with Crippen molar-refractivity contribution in [3.8, 4) is 0 Å². The molecule has 1 aliphatic heterocycles. The first-order valence-corrected chi connectivity index (χ1v) is 13.3. The monoisotopic (exact) mass is 566 g/mol. The van der Waals surface area contributed by atoms with Crippen LogP contribution in [0.25, 0.3) is 0 Å². The lowest BCUT2D eigenvalue weighted by Crippen LogP contribution is -2.58. The highest BCUT2D eigenvalue weighted by Crippen LogP contribution is 2.25. The Kier molecular flexibility index (Phi) is 11.4. The number of amides is 4. The molecular formula is C26H39BrN4O5. The van der Waals surface area contributed by atoms with Gasteiger partial charge in [-0.2, -0.15) is 0 Å². The van der Waals surface area contributed by atoms with Crippen molar-refractivity contribution in [1.82, 2.24) is 21.0 Å². The molecule has 2 rings (SSSR count). The SMILES string of the molecule is CCCCC(CC(=O)NO)C(=O)N[C@H](C(=O)N1CCC(NC(=O)c2ccc(Br)cc2)CC1)C(C)(C)C. The van der Waals surface area contributed by atoms with Crippen molar-refractivity contribution in [2.24, 2.45) is 11.3 Å². The Morgan fingerprint density at radius 2 is 1.72 bits per heavy atom. The molecule has 0 aliphatic carbocycles. The Labute approximate surface area is 221 Å². The fraction of sp³-hybridized carbons (Fsp3) is 0.615. The van der Waals surface area contributed by atoms with Gasteiger partial charge >= 0.3 is 0 Å². The molecule has 4 N–H and O–H groups in total. The number of nitrogens with one attached hydrogen (secondary N) is 3. The average Bonchev–Trinajstić information content (AvgIpc) is 2.84. The zero-order chi connectivity index (χ0) is 26.9. The van der Waals surface area contributed by atoms with Crippen LogP contribution in [0.15, 0.2) is 28.7 Å². The van der Waals surface area contributed by atoms with E-state index in [0.717, 1.165) is 17.3 Å². The van der Waals surface area contributed by atoms with E-state index in [1.807, 2.05) is 39.8 Å². The smallest absolute Gasteiger partial charge is 0.251 e. The van der Waals surface area contributed by atoms with E-state index in [9.17, 15) is 19.2 Å². The summed E-state index contributed by atoms with van der Waals surface area (Å²) in [6, 6.07) is 6.35. The van der Waals surface area contributed by atoms with Crippen molar-refractivity contribution in [3.63, 3.8) is 0 Å². The van der Waals surface area contributed by atoms with Crippen molar-refractivity contribution in [2.75, 3.05) is 13.1 Å². The standard InChI is InChI=1S/C26H39BrN4O5/c1-5-6-7-18(16-21(32)30-36)24(34)29-22(26(2,3)4)25(35)31-14-12-20(13-15-31)28-23(33)17-8-10-19(27)11-9-17/h8-11,18,20,22,36H,5-7,12-16H2,1-4H3,(H,28,33)(H,29,34)(H,30,32)/t18?,22-/m1/s1. The molecule has 4 amide bonds. The van der Waals surface area contributed by atoms with Gasteiger partial charge in [-0.15, -0.1) is 0 Å². The maximum absolute atomic E-state index is 13.5. The number of hydroxylamine groups is 1. The highest BCUT2D eigenvalue weighted by Gasteiger charge is 2.38. The Hall–Kier alpha value is -2.46. The summed E-state index contributed by atoms with van der Waals surface area (Å²) < 4.78 is 0.903. The average molecular weight is 568 g/mol. The van der Waals surface area contributed by atoms with Gasteiger partial charge in [0, 0.05) is 41.5 Å². The van der Waals surface area contributed by atoms with Gasteiger partial charge in [-0.3, -0.25) is 24.4 Å². The number of halogens is 1. The lowest BCUT2D eigenvalue weighted by Gasteiger charge is -2.39. The number of piperidine rings is 1. The Morgan fingerprint density at radius 1 is 1.11 bits per heavy atom. The van der Waals surface area contributed by atoms with Gasteiger partial charge in [-0.05, 0) is 48.9 Å². The second-order valence-corrected chi connectivity index (χ2v) is 11.4. The van der Waals surface area contributed by atoms with Gasteiger partial charge in [-0.1, -0.05) is 56.5 Å². The summed E-state index contributed by atoms with van der Waals surface area (Å²) in [6.07, 6.45) is 3.20. The Balaban J connectivity index is 2.00. The number of hydrogen-bond acceptors (Lipinski definition) is 5. The van der Waals surface area contributed by atoms with Gasteiger partial charge in [0.1, 0.15) is 6.04 Å². The molecule has 9 nitrogen and oxygen atoms in total. The van der Waals surface area contributed by atoms with Crippen LogP contribution in [0.2, 0.25) is 0 Å². The molecule has 1 aromatic rings. The summed E-state index contributed by atoms with van der Waals surface area (Å²) in [5, 5.41) is 14.8. The lowest BCUT2D eigenvalue weighted by molar-refractivity contribution is -0.142. The second-order valence-electron chi connectivity index (χ2n) is 10.5. The van der Waals surface area contributed by atoms with Crippen LogP contribution >= 0.6 is 15.9 Å². The highest BCUT2D eigenvalue weighted by atomic mass is 79.9. The van der Waals surface area contributed by atoms with Gasteiger partial charge in [0.15, 0.2) is 0 Å². The molecule has 200 valence electrons. The zero-order valence-corrected chi connectivity index (χ0v) is 23.2. The van der Waals surface area contributed by atoms with Crippen molar-refractivity contribution in [1.29, 1.82) is 0 Å². The molecule has 0 aromatic heterocycles. The fourth-order valence-electron chi connectivity index (χ4n) is 4.25. The fourth-order valence-corrected chi connectivity index (χ4v) is 4.52. The van der Waals surface area contributed by atoms with Crippen LogP contribution in [-0.2, 0) is 14.4 Å². The number of likely N-dealkylation sites (tertiary alicyclic amines) is 1. The van der Waals surface area contributed by atoms with E-state index in [1.54, 1.807) is 22.5 Å². The van der Waals surface area contributed by atoms with E-state index in [1.165, 1.54) is 0 Å². The molecule has 0 radical (unpaired) electrons. The molecule has 2 atom stereocenters. The molecule has 1 fully saturated rings. The van der Waals surface area contributed by atoms with E-state index in [2.05, 4.69) is 26.6 Å². The van der Waals surface area contributed by atoms with Crippen LogP contribution in [-0.4, -0.2) is 58.9 Å². The predicted molar refractivity (Wildman–Crippen MR) is 140 cm³/mol.